The second-order valence-electron chi connectivity index (χ2n) is 11.3. The number of aromatic nitrogens is 3. The van der Waals surface area contributed by atoms with Gasteiger partial charge >= 0.3 is 6.09 Å². The van der Waals surface area contributed by atoms with E-state index in [0.29, 0.717) is 17.4 Å². The summed E-state index contributed by atoms with van der Waals surface area (Å²) in [5.41, 5.74) is 4.52. The first-order valence-corrected chi connectivity index (χ1v) is 12.8. The fourth-order valence-corrected chi connectivity index (χ4v) is 4.10. The first-order chi connectivity index (χ1) is 17.4. The highest BCUT2D eigenvalue weighted by Gasteiger charge is 2.31. The largest absolute Gasteiger partial charge is 0.443 e. The number of hydrogen-bond acceptors (Lipinski definition) is 5. The molecule has 0 atom stereocenters. The Balaban J connectivity index is 1.77. The third-order valence-corrected chi connectivity index (χ3v) is 5.96. The second kappa shape index (κ2) is 10.4. The molecule has 0 radical (unpaired) electrons. The summed E-state index contributed by atoms with van der Waals surface area (Å²) >= 11 is 0. The lowest BCUT2D eigenvalue weighted by atomic mass is 10.1. The van der Waals surface area contributed by atoms with Gasteiger partial charge in [-0.15, -0.1) is 0 Å². The number of carbonyl (C=O) groups is 2. The maximum Gasteiger partial charge on any atom is 0.416 e. The zero-order valence-corrected chi connectivity index (χ0v) is 22.8. The zero-order chi connectivity index (χ0) is 26.9. The molecule has 8 nitrogen and oxygen atoms in total. The molecule has 8 heteroatoms. The summed E-state index contributed by atoms with van der Waals surface area (Å²) in [7, 11) is 0. The van der Waals surface area contributed by atoms with Crippen molar-refractivity contribution in [1.82, 2.24) is 14.6 Å². The molecule has 1 aliphatic carbocycles. The number of ether oxygens (including phenoxy) is 1. The lowest BCUT2D eigenvalue weighted by Crippen LogP contribution is -2.37. The van der Waals surface area contributed by atoms with E-state index in [1.165, 1.54) is 0 Å². The first kappa shape index (κ1) is 26.4. The van der Waals surface area contributed by atoms with Crippen LogP contribution in [0.4, 0.5) is 16.3 Å². The van der Waals surface area contributed by atoms with E-state index in [4.69, 9.17) is 9.72 Å². The summed E-state index contributed by atoms with van der Waals surface area (Å²) in [5.74, 6) is 1.06. The Hall–Kier alpha value is -3.68. The molecule has 3 aromatic rings. The SMILES string of the molecule is CC(C)=CC(=O)Nc1cccc(CN(C(=O)OC(C)(C)C)c2cc(C3CC3)nc3c(C(C)C)cnn23)c1. The first-order valence-electron chi connectivity index (χ1n) is 12.8. The van der Waals surface area contributed by atoms with E-state index in [9.17, 15) is 9.59 Å². The Morgan fingerprint density at radius 1 is 1.22 bits per heavy atom. The molecule has 196 valence electrons. The lowest BCUT2D eigenvalue weighted by Gasteiger charge is -2.28. The van der Waals surface area contributed by atoms with Crippen molar-refractivity contribution < 1.29 is 14.3 Å². The Kier molecular flexibility index (Phi) is 7.39. The summed E-state index contributed by atoms with van der Waals surface area (Å²) in [6, 6.07) is 9.46. The summed E-state index contributed by atoms with van der Waals surface area (Å²) in [6.45, 7) is 13.8. The van der Waals surface area contributed by atoms with Crippen molar-refractivity contribution in [2.24, 2.45) is 0 Å². The van der Waals surface area contributed by atoms with Gasteiger partial charge in [-0.05, 0) is 71.1 Å². The van der Waals surface area contributed by atoms with Gasteiger partial charge in [-0.25, -0.2) is 9.78 Å². The molecule has 0 saturated heterocycles. The van der Waals surface area contributed by atoms with Crippen LogP contribution in [0.25, 0.3) is 5.65 Å². The summed E-state index contributed by atoms with van der Waals surface area (Å²) < 4.78 is 7.57. The maximum atomic E-state index is 13.6. The Morgan fingerprint density at radius 2 is 1.95 bits per heavy atom. The summed E-state index contributed by atoms with van der Waals surface area (Å²) in [4.78, 5) is 32.4. The average molecular weight is 504 g/mol. The molecule has 0 spiro atoms. The van der Waals surface area contributed by atoms with Crippen molar-refractivity contribution in [3.05, 3.63) is 65.0 Å². The van der Waals surface area contributed by atoms with E-state index in [1.807, 2.05) is 71.1 Å². The minimum atomic E-state index is -0.672. The number of anilines is 2. The van der Waals surface area contributed by atoms with Crippen LogP contribution >= 0.6 is 0 Å². The van der Waals surface area contributed by atoms with Gasteiger partial charge in [-0.3, -0.25) is 9.69 Å². The third kappa shape index (κ3) is 6.56. The molecule has 2 aromatic heterocycles. The van der Waals surface area contributed by atoms with E-state index in [1.54, 1.807) is 15.5 Å². The van der Waals surface area contributed by atoms with Crippen LogP contribution in [0.1, 0.15) is 90.0 Å². The molecule has 1 saturated carbocycles. The fraction of sp³-hybridized carbons (Fsp3) is 0.448. The Morgan fingerprint density at radius 3 is 2.57 bits per heavy atom. The van der Waals surface area contributed by atoms with Crippen LogP contribution in [-0.4, -0.2) is 32.2 Å². The number of nitrogens with zero attached hydrogens (tertiary/aromatic N) is 4. The molecule has 1 aliphatic rings. The van der Waals surface area contributed by atoms with Crippen LogP contribution in [0.15, 0.2) is 48.2 Å². The fourth-order valence-electron chi connectivity index (χ4n) is 4.10. The maximum absolute atomic E-state index is 13.6. The highest BCUT2D eigenvalue weighted by atomic mass is 16.6. The molecule has 37 heavy (non-hydrogen) atoms. The van der Waals surface area contributed by atoms with E-state index in [2.05, 4.69) is 24.3 Å². The van der Waals surface area contributed by atoms with Crippen LogP contribution in [-0.2, 0) is 16.1 Å². The van der Waals surface area contributed by atoms with Crippen LogP contribution in [0.3, 0.4) is 0 Å². The van der Waals surface area contributed by atoms with E-state index < -0.39 is 11.7 Å². The molecular formula is C29H37N5O3. The highest BCUT2D eigenvalue weighted by Crippen LogP contribution is 2.41. The van der Waals surface area contributed by atoms with Crippen molar-refractivity contribution in [3.63, 3.8) is 0 Å². The van der Waals surface area contributed by atoms with Gasteiger partial charge in [0.15, 0.2) is 5.65 Å². The number of rotatable bonds is 7. The molecule has 2 heterocycles. The van der Waals surface area contributed by atoms with Gasteiger partial charge < -0.3 is 10.1 Å². The molecule has 1 fully saturated rings. The quantitative estimate of drug-likeness (QED) is 0.368. The molecule has 4 rings (SSSR count). The van der Waals surface area contributed by atoms with E-state index >= 15 is 0 Å². The minimum Gasteiger partial charge on any atom is -0.443 e. The average Bonchev–Trinajstić information content (AvgIpc) is 3.54. The van der Waals surface area contributed by atoms with Gasteiger partial charge in [0, 0.05) is 35.0 Å². The van der Waals surface area contributed by atoms with Gasteiger partial charge in [0.1, 0.15) is 11.4 Å². The zero-order valence-electron chi connectivity index (χ0n) is 22.8. The molecule has 0 aliphatic heterocycles. The molecule has 1 aromatic carbocycles. The monoisotopic (exact) mass is 503 g/mol. The summed E-state index contributed by atoms with van der Waals surface area (Å²) in [6.07, 6.45) is 5.10. The number of amides is 2. The number of benzene rings is 1. The third-order valence-electron chi connectivity index (χ3n) is 5.96. The van der Waals surface area contributed by atoms with Crippen LogP contribution in [0.2, 0.25) is 0 Å². The number of carbonyl (C=O) groups excluding carboxylic acids is 2. The topological polar surface area (TPSA) is 88.8 Å². The smallest absolute Gasteiger partial charge is 0.416 e. The number of nitrogens with one attached hydrogen (secondary N) is 1. The second-order valence-corrected chi connectivity index (χ2v) is 11.3. The van der Waals surface area contributed by atoms with Crippen LogP contribution in [0, 0.1) is 0 Å². The minimum absolute atomic E-state index is 0.191. The number of allylic oxidation sites excluding steroid dienone is 1. The predicted octanol–water partition coefficient (Wildman–Crippen LogP) is 6.58. The normalized spacial score (nSPS) is 13.5. The van der Waals surface area contributed by atoms with Crippen LogP contribution in [0.5, 0.6) is 0 Å². The number of hydrogen-bond donors (Lipinski definition) is 1. The molecule has 0 bridgehead atoms. The molecular weight excluding hydrogens is 466 g/mol. The van der Waals surface area contributed by atoms with Crippen molar-refractivity contribution >= 4 is 29.2 Å². The van der Waals surface area contributed by atoms with Crippen molar-refractivity contribution in [2.45, 2.75) is 85.3 Å². The standard InChI is InChI=1S/C29H37N5O3/c1-18(2)13-25(35)31-22-10-8-9-20(14-22)17-33(28(36)37-29(5,6)7)26-15-24(21-11-12-21)32-27-23(19(3)4)16-30-34(26)27/h8-10,13-16,19,21H,11-12,17H2,1-7H3,(H,31,35). The van der Waals surface area contributed by atoms with Gasteiger partial charge in [-0.2, -0.15) is 9.61 Å². The lowest BCUT2D eigenvalue weighted by molar-refractivity contribution is -0.111. The number of fused-ring (bicyclic) bond motifs is 1. The Bertz CT molecular complexity index is 1340. The molecule has 1 N–H and O–H groups in total. The molecule has 2 amide bonds. The highest BCUT2D eigenvalue weighted by molar-refractivity contribution is 5.99. The van der Waals surface area contributed by atoms with Crippen LogP contribution < -0.4 is 10.2 Å². The summed E-state index contributed by atoms with van der Waals surface area (Å²) in [5, 5.41) is 7.52. The van der Waals surface area contributed by atoms with Crippen molar-refractivity contribution in [2.75, 3.05) is 10.2 Å². The van der Waals surface area contributed by atoms with Crippen molar-refractivity contribution in [3.8, 4) is 0 Å². The van der Waals surface area contributed by atoms with E-state index in [0.717, 1.165) is 40.9 Å². The van der Waals surface area contributed by atoms with Gasteiger partial charge in [0.05, 0.1) is 12.7 Å². The predicted molar refractivity (Wildman–Crippen MR) is 146 cm³/mol. The Labute approximate surface area is 218 Å². The van der Waals surface area contributed by atoms with Gasteiger partial charge in [-0.1, -0.05) is 31.6 Å². The van der Waals surface area contributed by atoms with Gasteiger partial charge in [0.25, 0.3) is 0 Å². The van der Waals surface area contributed by atoms with Gasteiger partial charge in [0.2, 0.25) is 5.91 Å². The van der Waals surface area contributed by atoms with Crippen molar-refractivity contribution in [1.29, 1.82) is 0 Å². The van der Waals surface area contributed by atoms with E-state index in [-0.39, 0.29) is 18.4 Å². The molecule has 0 unspecified atom stereocenters.